The third kappa shape index (κ3) is 3.49. The number of benzene rings is 9. The fourth-order valence-corrected chi connectivity index (χ4v) is 7.01. The molecule has 0 atom stereocenters. The summed E-state index contributed by atoms with van der Waals surface area (Å²) in [6.07, 6.45) is 0. The minimum atomic E-state index is 1.26. The molecule has 0 fully saturated rings. The smallest absolute Gasteiger partial charge is 0.00204 e. The Labute approximate surface area is 244 Å². The maximum absolute atomic E-state index is 2.45. The predicted octanol–water partition coefficient (Wildman–Crippen LogP) is 11.9. The maximum Gasteiger partial charge on any atom is -0.00204 e. The first-order valence-corrected chi connectivity index (χ1v) is 14.6. The van der Waals surface area contributed by atoms with Crippen molar-refractivity contribution in [3.8, 4) is 22.3 Å². The number of hydrogen-bond donors (Lipinski definition) is 0. The average molecular weight is 531 g/mol. The molecule has 0 unspecified atom stereocenters. The molecule has 9 aromatic carbocycles. The summed E-state index contributed by atoms with van der Waals surface area (Å²) in [7, 11) is 0. The molecule has 0 aliphatic rings. The fraction of sp³-hybridized carbons (Fsp3) is 0. The largest absolute Gasteiger partial charge is 0.0616 e. The van der Waals surface area contributed by atoms with Crippen LogP contribution in [0.5, 0.6) is 0 Å². The van der Waals surface area contributed by atoms with Gasteiger partial charge in [-0.15, -0.1) is 0 Å². The predicted molar refractivity (Wildman–Crippen MR) is 182 cm³/mol. The monoisotopic (exact) mass is 530 g/mol. The Morgan fingerprint density at radius 3 is 0.810 bits per heavy atom. The third-order valence-electron chi connectivity index (χ3n) is 8.92. The molecular weight excluding hydrogens is 504 g/mol. The summed E-state index contributed by atoms with van der Waals surface area (Å²) in [4.78, 5) is 0. The van der Waals surface area contributed by atoms with Gasteiger partial charge in [0.1, 0.15) is 0 Å². The van der Waals surface area contributed by atoms with E-state index in [4.69, 9.17) is 0 Å². The highest BCUT2D eigenvalue weighted by molar-refractivity contribution is 6.21. The van der Waals surface area contributed by atoms with Crippen molar-refractivity contribution < 1.29 is 0 Å². The second kappa shape index (κ2) is 9.03. The van der Waals surface area contributed by atoms with Gasteiger partial charge in [-0.3, -0.25) is 0 Å². The zero-order chi connectivity index (χ0) is 27.6. The lowest BCUT2D eigenvalue weighted by Gasteiger charge is -2.20. The van der Waals surface area contributed by atoms with Crippen molar-refractivity contribution in [2.24, 2.45) is 0 Å². The zero-order valence-corrected chi connectivity index (χ0v) is 23.0. The lowest BCUT2D eigenvalue weighted by atomic mass is 9.83. The van der Waals surface area contributed by atoms with Crippen LogP contribution in [0.2, 0.25) is 0 Å². The van der Waals surface area contributed by atoms with E-state index >= 15 is 0 Å². The Hall–Kier alpha value is -5.46. The third-order valence-corrected chi connectivity index (χ3v) is 8.92. The van der Waals surface area contributed by atoms with Crippen molar-refractivity contribution in [1.29, 1.82) is 0 Å². The molecule has 0 bridgehead atoms. The molecule has 0 heterocycles. The van der Waals surface area contributed by atoms with E-state index in [1.807, 2.05) is 0 Å². The molecule has 9 rings (SSSR count). The van der Waals surface area contributed by atoms with E-state index in [2.05, 4.69) is 158 Å². The first-order chi connectivity index (χ1) is 20.8. The molecule has 0 aromatic heterocycles. The number of fused-ring (bicyclic) bond motifs is 6. The molecule has 0 saturated heterocycles. The van der Waals surface area contributed by atoms with Gasteiger partial charge >= 0.3 is 0 Å². The molecule has 0 N–H and O–H groups in total. The van der Waals surface area contributed by atoms with E-state index in [-0.39, 0.29) is 0 Å². The van der Waals surface area contributed by atoms with Gasteiger partial charge in [-0.05, 0) is 123 Å². The van der Waals surface area contributed by atoms with E-state index in [1.54, 1.807) is 0 Å². The van der Waals surface area contributed by atoms with Crippen molar-refractivity contribution in [2.75, 3.05) is 0 Å². The zero-order valence-electron chi connectivity index (χ0n) is 23.0. The van der Waals surface area contributed by atoms with Crippen LogP contribution in [0, 0.1) is 0 Å². The molecule has 0 heteroatoms. The summed E-state index contributed by atoms with van der Waals surface area (Å²) < 4.78 is 0. The van der Waals surface area contributed by atoms with E-state index in [0.717, 1.165) is 0 Å². The topological polar surface area (TPSA) is 0 Å². The van der Waals surface area contributed by atoms with Crippen LogP contribution in [-0.4, -0.2) is 0 Å². The Kier molecular flexibility index (Phi) is 5.00. The molecule has 0 spiro atoms. The van der Waals surface area contributed by atoms with Crippen LogP contribution >= 0.6 is 0 Å². The van der Waals surface area contributed by atoms with Gasteiger partial charge in [0, 0.05) is 0 Å². The normalized spacial score (nSPS) is 11.8. The Balaban J connectivity index is 1.53. The van der Waals surface area contributed by atoms with Crippen LogP contribution in [0.15, 0.2) is 158 Å². The van der Waals surface area contributed by atoms with Crippen LogP contribution in [-0.2, 0) is 0 Å². The van der Waals surface area contributed by atoms with Gasteiger partial charge in [-0.1, -0.05) is 121 Å². The summed E-state index contributed by atoms with van der Waals surface area (Å²) in [5, 5.41) is 15.2. The van der Waals surface area contributed by atoms with Crippen molar-refractivity contribution in [2.45, 2.75) is 0 Å². The summed E-state index contributed by atoms with van der Waals surface area (Å²) in [5.41, 5.74) is 5.14. The van der Waals surface area contributed by atoms with Crippen molar-refractivity contribution in [1.82, 2.24) is 0 Å². The first kappa shape index (κ1) is 23.3. The van der Waals surface area contributed by atoms with E-state index in [0.29, 0.717) is 0 Å². The highest BCUT2D eigenvalue weighted by Crippen LogP contribution is 2.47. The van der Waals surface area contributed by atoms with Crippen LogP contribution in [0.25, 0.3) is 86.9 Å². The molecule has 42 heavy (non-hydrogen) atoms. The Morgan fingerprint density at radius 2 is 0.476 bits per heavy atom. The number of hydrogen-bond acceptors (Lipinski definition) is 0. The van der Waals surface area contributed by atoms with E-state index < -0.39 is 0 Å². The van der Waals surface area contributed by atoms with Crippen LogP contribution in [0.3, 0.4) is 0 Å². The summed E-state index contributed by atoms with van der Waals surface area (Å²) in [6, 6.07) is 58.3. The van der Waals surface area contributed by atoms with Crippen molar-refractivity contribution in [3.05, 3.63) is 158 Å². The molecule has 0 aliphatic heterocycles. The van der Waals surface area contributed by atoms with Gasteiger partial charge in [0.25, 0.3) is 0 Å². The maximum atomic E-state index is 2.45. The lowest BCUT2D eigenvalue weighted by Crippen LogP contribution is -1.93. The molecule has 194 valence electrons. The van der Waals surface area contributed by atoms with E-state index in [9.17, 15) is 0 Å². The summed E-state index contributed by atoms with van der Waals surface area (Å²) in [6.45, 7) is 0. The minimum Gasteiger partial charge on any atom is -0.0616 e. The van der Waals surface area contributed by atoms with Gasteiger partial charge in [-0.2, -0.15) is 0 Å². The quantitative estimate of drug-likeness (QED) is 0.195. The fourth-order valence-electron chi connectivity index (χ4n) is 7.01. The van der Waals surface area contributed by atoms with Crippen LogP contribution in [0.4, 0.5) is 0 Å². The molecular formula is C42H26. The first-order valence-electron chi connectivity index (χ1n) is 14.6. The van der Waals surface area contributed by atoms with Gasteiger partial charge < -0.3 is 0 Å². The van der Waals surface area contributed by atoms with Crippen molar-refractivity contribution >= 4 is 64.6 Å². The molecule has 0 radical (unpaired) electrons. The minimum absolute atomic E-state index is 1.26. The SMILES string of the molecule is c1ccc2cc3cc(-c4c5ccccc5cc5ccccc45)c(-c4c5ccccc5cc5ccccc45)cc3cc2c1. The highest BCUT2D eigenvalue weighted by Gasteiger charge is 2.19. The highest BCUT2D eigenvalue weighted by atomic mass is 14.2. The molecule has 0 nitrogen and oxygen atoms in total. The van der Waals surface area contributed by atoms with Gasteiger partial charge in [0.2, 0.25) is 0 Å². The average Bonchev–Trinajstić information content (AvgIpc) is 3.04. The van der Waals surface area contributed by atoms with E-state index in [1.165, 1.54) is 86.9 Å². The van der Waals surface area contributed by atoms with Crippen molar-refractivity contribution in [3.63, 3.8) is 0 Å². The van der Waals surface area contributed by atoms with Gasteiger partial charge in [-0.25, -0.2) is 0 Å². The lowest BCUT2D eigenvalue weighted by molar-refractivity contribution is 1.68. The Bertz CT molecular complexity index is 2230. The molecule has 9 aromatic rings. The van der Waals surface area contributed by atoms with Crippen LogP contribution in [0.1, 0.15) is 0 Å². The van der Waals surface area contributed by atoms with Gasteiger partial charge in [0.05, 0.1) is 0 Å². The molecule has 0 aliphatic carbocycles. The van der Waals surface area contributed by atoms with Gasteiger partial charge in [0.15, 0.2) is 0 Å². The second-order valence-corrected chi connectivity index (χ2v) is 11.3. The molecule has 0 amide bonds. The van der Waals surface area contributed by atoms with Crippen LogP contribution < -0.4 is 0 Å². The summed E-state index contributed by atoms with van der Waals surface area (Å²) >= 11 is 0. The summed E-state index contributed by atoms with van der Waals surface area (Å²) in [5.74, 6) is 0. The number of rotatable bonds is 2. The standard InChI is InChI=1S/C42H26/c1-2-12-28-22-34-26-40(42-37-19-9-5-15-31(37)24-32-16-6-10-20-38(32)42)39(25-33(34)21-27(28)11-1)41-35-17-7-3-13-29(35)23-30-14-4-8-18-36(30)41/h1-26H. The second-order valence-electron chi connectivity index (χ2n) is 11.3. The Morgan fingerprint density at radius 1 is 0.214 bits per heavy atom. The molecule has 0 saturated carbocycles.